The van der Waals surface area contributed by atoms with E-state index in [4.69, 9.17) is 0 Å². The molecule has 2 nitrogen and oxygen atoms in total. The van der Waals surface area contributed by atoms with Crippen LogP contribution in [0.3, 0.4) is 0 Å². The number of hydrogen-bond acceptors (Lipinski definition) is 3. The number of thioether (sulfide) groups is 1. The molecule has 3 heteroatoms. The highest BCUT2D eigenvalue weighted by molar-refractivity contribution is 7.98. The molecule has 0 aliphatic heterocycles. The van der Waals surface area contributed by atoms with E-state index in [-0.39, 0.29) is 0 Å². The highest BCUT2D eigenvalue weighted by atomic mass is 32.2. The molecule has 0 aliphatic rings. The quantitative estimate of drug-likeness (QED) is 0.832. The van der Waals surface area contributed by atoms with Gasteiger partial charge in [0.05, 0.1) is 11.8 Å². The zero-order valence-electron chi connectivity index (χ0n) is 11.3. The smallest absolute Gasteiger partial charge is 0.0957 e. The first-order valence-corrected chi connectivity index (χ1v) is 7.50. The van der Waals surface area contributed by atoms with Crippen molar-refractivity contribution in [1.82, 2.24) is 4.98 Å². The number of hydrogen-bond donors (Lipinski definition) is 1. The first-order valence-electron chi connectivity index (χ1n) is 6.52. The molecule has 1 atom stereocenters. The van der Waals surface area contributed by atoms with Crippen molar-refractivity contribution in [1.29, 1.82) is 0 Å². The second kappa shape index (κ2) is 6.73. The van der Waals surface area contributed by atoms with Gasteiger partial charge >= 0.3 is 0 Å². The van der Waals surface area contributed by atoms with Gasteiger partial charge in [0.25, 0.3) is 0 Å². The number of aliphatic hydroxyl groups excluding tert-OH is 1. The van der Waals surface area contributed by atoms with Crippen LogP contribution < -0.4 is 0 Å². The fourth-order valence-electron chi connectivity index (χ4n) is 1.82. The summed E-state index contributed by atoms with van der Waals surface area (Å²) >= 11 is 1.77. The fraction of sp³-hybridized carbons (Fsp3) is 0.312. The van der Waals surface area contributed by atoms with E-state index in [0.717, 1.165) is 16.3 Å². The predicted octanol–water partition coefficient (Wildman–Crippen LogP) is 4.13. The van der Waals surface area contributed by atoms with Gasteiger partial charge in [-0.15, -0.1) is 11.8 Å². The van der Waals surface area contributed by atoms with Crippen LogP contribution in [0, 0.1) is 6.92 Å². The predicted molar refractivity (Wildman–Crippen MR) is 80.2 cm³/mol. The van der Waals surface area contributed by atoms with Gasteiger partial charge < -0.3 is 5.11 Å². The minimum Gasteiger partial charge on any atom is -0.387 e. The number of benzene rings is 1. The summed E-state index contributed by atoms with van der Waals surface area (Å²) in [5.74, 6) is 0.948. The summed E-state index contributed by atoms with van der Waals surface area (Å²) < 4.78 is 0. The van der Waals surface area contributed by atoms with E-state index >= 15 is 0 Å². The number of rotatable bonds is 5. The lowest BCUT2D eigenvalue weighted by Gasteiger charge is -2.08. The fourth-order valence-corrected chi connectivity index (χ4v) is 2.75. The monoisotopic (exact) mass is 273 g/mol. The lowest BCUT2D eigenvalue weighted by atomic mass is 10.1. The Labute approximate surface area is 118 Å². The van der Waals surface area contributed by atoms with E-state index < -0.39 is 6.10 Å². The van der Waals surface area contributed by atoms with Gasteiger partial charge in [-0.2, -0.15) is 0 Å². The minimum atomic E-state index is -0.449. The maximum absolute atomic E-state index is 9.70. The molecule has 0 fully saturated rings. The van der Waals surface area contributed by atoms with Crippen LogP contribution in [-0.4, -0.2) is 10.1 Å². The summed E-state index contributed by atoms with van der Waals surface area (Å²) in [7, 11) is 0. The number of aryl methyl sites for hydroxylation is 1. The second-order valence-corrected chi connectivity index (χ2v) is 5.61. The van der Waals surface area contributed by atoms with Gasteiger partial charge in [0.2, 0.25) is 0 Å². The van der Waals surface area contributed by atoms with E-state index in [0.29, 0.717) is 6.42 Å². The van der Waals surface area contributed by atoms with Gasteiger partial charge in [-0.05, 0) is 36.6 Å². The van der Waals surface area contributed by atoms with Crippen molar-refractivity contribution in [2.24, 2.45) is 0 Å². The van der Waals surface area contributed by atoms with Crippen molar-refractivity contribution < 1.29 is 5.11 Å². The van der Waals surface area contributed by atoms with Crippen molar-refractivity contribution in [3.05, 3.63) is 59.4 Å². The molecular formula is C16H19NOS. The Balaban J connectivity index is 1.99. The Kier molecular flexibility index (Phi) is 5.00. The second-order valence-electron chi connectivity index (χ2n) is 4.56. The molecule has 1 heterocycles. The van der Waals surface area contributed by atoms with Crippen LogP contribution >= 0.6 is 11.8 Å². The molecule has 0 radical (unpaired) electrons. The molecular weight excluding hydrogens is 254 g/mol. The lowest BCUT2D eigenvalue weighted by Crippen LogP contribution is -1.98. The molecule has 0 spiro atoms. The van der Waals surface area contributed by atoms with Crippen LogP contribution in [0.2, 0.25) is 0 Å². The van der Waals surface area contributed by atoms with Crippen molar-refractivity contribution in [3.8, 4) is 0 Å². The van der Waals surface area contributed by atoms with E-state index in [2.05, 4.69) is 36.2 Å². The highest BCUT2D eigenvalue weighted by Gasteiger charge is 2.06. The summed E-state index contributed by atoms with van der Waals surface area (Å²) in [5.41, 5.74) is 3.42. The minimum absolute atomic E-state index is 0.449. The third-order valence-electron chi connectivity index (χ3n) is 3.14. The largest absolute Gasteiger partial charge is 0.387 e. The topological polar surface area (TPSA) is 33.1 Å². The number of aromatic nitrogens is 1. The van der Waals surface area contributed by atoms with Gasteiger partial charge in [0.15, 0.2) is 0 Å². The third kappa shape index (κ3) is 3.82. The molecule has 1 aromatic carbocycles. The molecule has 1 aromatic heterocycles. The van der Waals surface area contributed by atoms with E-state index in [1.54, 1.807) is 11.8 Å². The Morgan fingerprint density at radius 1 is 1.21 bits per heavy atom. The Morgan fingerprint density at radius 3 is 2.63 bits per heavy atom. The number of nitrogens with zero attached hydrogens (tertiary/aromatic N) is 1. The molecule has 0 unspecified atom stereocenters. The standard InChI is InChI=1S/C16H19NOS/c1-3-16(18)15-9-8-14(10-17-15)19-11-13-7-5-4-6-12(13)2/h4-10,16,18H,3,11H2,1-2H3/t16-/m1/s1. The summed E-state index contributed by atoms with van der Waals surface area (Å²) in [6.07, 6.45) is 2.09. The van der Waals surface area contributed by atoms with E-state index in [1.807, 2.05) is 25.3 Å². The zero-order chi connectivity index (χ0) is 13.7. The third-order valence-corrected chi connectivity index (χ3v) is 4.17. The van der Waals surface area contributed by atoms with Gasteiger partial charge in [-0.1, -0.05) is 31.2 Å². The maximum Gasteiger partial charge on any atom is 0.0957 e. The zero-order valence-corrected chi connectivity index (χ0v) is 12.2. The first-order chi connectivity index (χ1) is 9.20. The van der Waals surface area contributed by atoms with Crippen molar-refractivity contribution in [3.63, 3.8) is 0 Å². The molecule has 0 amide bonds. The molecule has 0 saturated heterocycles. The molecule has 0 bridgehead atoms. The van der Waals surface area contributed by atoms with Crippen LogP contribution in [0.1, 0.15) is 36.3 Å². The van der Waals surface area contributed by atoms with E-state index in [1.165, 1.54) is 11.1 Å². The van der Waals surface area contributed by atoms with Crippen molar-refractivity contribution in [2.45, 2.75) is 37.0 Å². The maximum atomic E-state index is 9.70. The van der Waals surface area contributed by atoms with Crippen LogP contribution in [0.4, 0.5) is 0 Å². The summed E-state index contributed by atoms with van der Waals surface area (Å²) in [6.45, 7) is 4.09. The summed E-state index contributed by atoms with van der Waals surface area (Å²) in [5, 5.41) is 9.70. The molecule has 2 rings (SSSR count). The normalized spacial score (nSPS) is 12.4. The van der Waals surface area contributed by atoms with Crippen LogP contribution in [0.5, 0.6) is 0 Å². The highest BCUT2D eigenvalue weighted by Crippen LogP contribution is 2.24. The summed E-state index contributed by atoms with van der Waals surface area (Å²) in [4.78, 5) is 5.45. The van der Waals surface area contributed by atoms with Crippen LogP contribution in [-0.2, 0) is 5.75 Å². The van der Waals surface area contributed by atoms with Crippen molar-refractivity contribution in [2.75, 3.05) is 0 Å². The van der Waals surface area contributed by atoms with Gasteiger partial charge in [-0.25, -0.2) is 0 Å². The molecule has 0 saturated carbocycles. The van der Waals surface area contributed by atoms with Gasteiger partial charge in [0.1, 0.15) is 0 Å². The van der Waals surface area contributed by atoms with Gasteiger partial charge in [0, 0.05) is 16.8 Å². The number of pyridine rings is 1. The first kappa shape index (κ1) is 14.1. The Morgan fingerprint density at radius 2 is 2.00 bits per heavy atom. The van der Waals surface area contributed by atoms with Crippen LogP contribution in [0.15, 0.2) is 47.5 Å². The average molecular weight is 273 g/mol. The molecule has 100 valence electrons. The van der Waals surface area contributed by atoms with Crippen LogP contribution in [0.25, 0.3) is 0 Å². The molecule has 2 aromatic rings. The summed E-state index contributed by atoms with van der Waals surface area (Å²) in [6, 6.07) is 12.4. The Hall–Kier alpha value is -1.32. The van der Waals surface area contributed by atoms with Gasteiger partial charge in [-0.3, -0.25) is 4.98 Å². The molecule has 1 N–H and O–H groups in total. The number of aliphatic hydroxyl groups is 1. The lowest BCUT2D eigenvalue weighted by molar-refractivity contribution is 0.169. The SMILES string of the molecule is CC[C@@H](O)c1ccc(SCc2ccccc2C)cn1. The van der Waals surface area contributed by atoms with E-state index in [9.17, 15) is 5.11 Å². The average Bonchev–Trinajstić information content (AvgIpc) is 2.46. The van der Waals surface area contributed by atoms with Crippen molar-refractivity contribution >= 4 is 11.8 Å². The Bertz CT molecular complexity index is 525. The molecule has 0 aliphatic carbocycles. The molecule has 19 heavy (non-hydrogen) atoms.